The van der Waals surface area contributed by atoms with Gasteiger partial charge in [0.2, 0.25) is 0 Å². The van der Waals surface area contributed by atoms with Gasteiger partial charge in [0.25, 0.3) is 0 Å². The lowest BCUT2D eigenvalue weighted by Gasteiger charge is -2.45. The number of nitrogens with zero attached hydrogens (tertiary/aromatic N) is 2. The molecule has 0 spiro atoms. The molecule has 0 amide bonds. The van der Waals surface area contributed by atoms with Gasteiger partial charge in [0.1, 0.15) is 5.78 Å². The van der Waals surface area contributed by atoms with Crippen molar-refractivity contribution in [3.8, 4) is 0 Å². The number of aromatic nitrogens is 1. The summed E-state index contributed by atoms with van der Waals surface area (Å²) in [6.07, 6.45) is 7.47. The molecule has 4 fully saturated rings. The molecule has 5 rings (SSSR count). The summed E-state index contributed by atoms with van der Waals surface area (Å²) in [4.78, 5) is 36.2. The minimum Gasteiger partial charge on any atom is -1.00 e. The summed E-state index contributed by atoms with van der Waals surface area (Å²) in [5, 5.41) is 9.93. The fraction of sp³-hybridized carbons (Fsp3) is 0.860. The molecule has 0 radical (unpaired) electrons. The molecule has 3 atom stereocenters. The van der Waals surface area contributed by atoms with Gasteiger partial charge in [-0.3, -0.25) is 9.59 Å². The molecule has 0 aromatic carbocycles. The number of halogens is 1. The molecule has 8 nitrogen and oxygen atoms in total. The van der Waals surface area contributed by atoms with Gasteiger partial charge in [0.05, 0.1) is 20.3 Å². The van der Waals surface area contributed by atoms with Gasteiger partial charge in [0, 0.05) is 50.2 Å². The van der Waals surface area contributed by atoms with Crippen LogP contribution in [0.25, 0.3) is 0 Å². The fourth-order valence-electron chi connectivity index (χ4n) is 11.1. The van der Waals surface area contributed by atoms with E-state index < -0.39 is 0 Å². The first kappa shape index (κ1) is 63.8. The van der Waals surface area contributed by atoms with Gasteiger partial charge < -0.3 is 31.9 Å². The van der Waals surface area contributed by atoms with Crippen molar-refractivity contribution in [3.05, 3.63) is 24.5 Å². The number of pyridine rings is 1. The molecule has 1 aromatic rings. The lowest BCUT2D eigenvalue weighted by atomic mass is 9.60. The van der Waals surface area contributed by atoms with Crippen LogP contribution < -0.4 is 21.9 Å². The Labute approximate surface area is 413 Å². The molecule has 1 heterocycles. The number of carbonyl (C=O) groups excluding carboxylic acids is 3. The third-order valence-corrected chi connectivity index (χ3v) is 22.2. The number of hydrogen-bond acceptors (Lipinski definition) is 7. The average Bonchev–Trinajstić information content (AvgIpc) is 3.47. The Balaban J connectivity index is 0.000000801. The number of ketones is 1. The SMILES string of the molecule is CC1(C)CC(=O)C(C)(C)C1(C)C.CC1(C)CC(O)C(C)(C)C1(C)C.CC1CC(C)(C)C(C)(C)C1(C)C.COC(=O)CC1CC(C)(C)C(C)(C)C1(C)C.COC(=O)[n+]1ccc(N(C)C)cc1.[Cl-]. The molecular weight excluding hydrogens is 844 g/mol. The number of methoxy groups -OCH3 is 2. The van der Waals surface area contributed by atoms with Crippen LogP contribution in [0.4, 0.5) is 10.5 Å². The topological polar surface area (TPSA) is 97.0 Å². The lowest BCUT2D eigenvalue weighted by molar-refractivity contribution is -0.585. The van der Waals surface area contributed by atoms with E-state index in [4.69, 9.17) is 4.74 Å². The minimum atomic E-state index is -0.384. The van der Waals surface area contributed by atoms with Crippen LogP contribution in [-0.2, 0) is 19.1 Å². The monoisotopic (exact) mass is 949 g/mol. The zero-order chi connectivity index (χ0) is 52.0. The highest BCUT2D eigenvalue weighted by Crippen LogP contribution is 2.67. The van der Waals surface area contributed by atoms with Crippen molar-refractivity contribution in [2.24, 2.45) is 76.8 Å². The lowest BCUT2D eigenvalue weighted by Crippen LogP contribution is -3.00. The van der Waals surface area contributed by atoms with Crippen molar-refractivity contribution in [1.29, 1.82) is 0 Å². The summed E-state index contributed by atoms with van der Waals surface area (Å²) in [6, 6.07) is 3.69. The van der Waals surface area contributed by atoms with Gasteiger partial charge in [0.15, 0.2) is 12.4 Å². The zero-order valence-corrected chi connectivity index (χ0v) is 49.1. The largest absolute Gasteiger partial charge is 1.00 e. The quantitative estimate of drug-likeness (QED) is 0.238. The Morgan fingerprint density at radius 2 is 1.00 bits per heavy atom. The number of carbonyl (C=O) groups is 3. The Morgan fingerprint density at radius 3 is 1.20 bits per heavy atom. The van der Waals surface area contributed by atoms with Gasteiger partial charge in [-0.1, -0.05) is 178 Å². The molecule has 0 aliphatic heterocycles. The Bertz CT molecular complexity index is 1750. The first-order valence-electron chi connectivity index (χ1n) is 24.6. The van der Waals surface area contributed by atoms with Crippen LogP contribution in [0.2, 0.25) is 0 Å². The van der Waals surface area contributed by atoms with Gasteiger partial charge >= 0.3 is 12.1 Å². The Hall–Kier alpha value is -2.19. The summed E-state index contributed by atoms with van der Waals surface area (Å²) in [5.74, 6) is 1.61. The maximum atomic E-state index is 11.7. The number of anilines is 1. The van der Waals surface area contributed by atoms with Crippen LogP contribution in [0.1, 0.15) is 205 Å². The average molecular weight is 950 g/mol. The molecule has 1 aromatic heterocycles. The third kappa shape index (κ3) is 11.7. The number of aliphatic hydroxyl groups excluding tert-OH is 1. The van der Waals surface area contributed by atoms with Crippen LogP contribution in [-0.4, -0.2) is 57.4 Å². The molecule has 4 aliphatic rings. The molecule has 3 unspecified atom stereocenters. The van der Waals surface area contributed by atoms with Crippen molar-refractivity contribution in [2.45, 2.75) is 211 Å². The highest BCUT2D eigenvalue weighted by Gasteiger charge is 2.61. The highest BCUT2D eigenvalue weighted by molar-refractivity contribution is 5.88. The predicted octanol–water partition coefficient (Wildman–Crippen LogP) is 11.3. The van der Waals surface area contributed by atoms with Crippen LogP contribution in [0, 0.1) is 76.8 Å². The van der Waals surface area contributed by atoms with E-state index in [9.17, 15) is 19.5 Å². The molecule has 1 N–H and O–H groups in total. The van der Waals surface area contributed by atoms with E-state index in [2.05, 4.69) is 178 Å². The number of ether oxygens (including phenoxy) is 2. The number of rotatable bonds is 3. The van der Waals surface area contributed by atoms with Crippen molar-refractivity contribution >= 4 is 23.5 Å². The standard InChI is InChI=1S/C14H26O2.C12H24.C11H22O.C11H20O.C9H13N2O2.ClH/c1-12(2)9-10(8-11(15)16-7)13(3,4)14(12,5)6;1-9-8-10(2,3)12(6,7)11(9,4)5;2*1-9(2)7-8(12)10(3,4)11(9,5)6;1-10(2)8-4-6-11(7-5-8)9(12)13-3;/h10H,8-9H2,1-7H3;9H,8H2,1-7H3;8,12H,7H2,1-6H3;7H2,1-6H3;4-7H,1-3H3;1H/q;;;;+1;/p-1. The van der Waals surface area contributed by atoms with E-state index >= 15 is 0 Å². The molecule has 386 valence electrons. The first-order chi connectivity index (χ1) is 28.6. The van der Waals surface area contributed by atoms with Crippen molar-refractivity contribution in [2.75, 3.05) is 33.2 Å². The molecular formula is C57H105ClN2O6. The third-order valence-electron chi connectivity index (χ3n) is 22.2. The summed E-state index contributed by atoms with van der Waals surface area (Å²) in [6.45, 7) is 57.1. The van der Waals surface area contributed by atoms with Crippen LogP contribution in [0.15, 0.2) is 24.5 Å². The summed E-state index contributed by atoms with van der Waals surface area (Å²) < 4.78 is 10.7. The van der Waals surface area contributed by atoms with Gasteiger partial charge in [-0.25, -0.2) is 0 Å². The number of esters is 1. The second kappa shape index (κ2) is 20.6. The van der Waals surface area contributed by atoms with E-state index in [1.807, 2.05) is 31.1 Å². The van der Waals surface area contributed by atoms with Crippen molar-refractivity contribution in [3.63, 3.8) is 0 Å². The van der Waals surface area contributed by atoms with Crippen molar-refractivity contribution in [1.82, 2.24) is 0 Å². The summed E-state index contributed by atoms with van der Waals surface area (Å²) >= 11 is 0. The predicted molar refractivity (Wildman–Crippen MR) is 273 cm³/mol. The number of Topliss-reactive ketones (excluding diaryl/α,β-unsaturated/α-hetero) is 1. The van der Waals surface area contributed by atoms with E-state index in [0.717, 1.165) is 30.9 Å². The first-order valence-corrected chi connectivity index (χ1v) is 24.6. The number of aliphatic hydroxyl groups is 1. The minimum absolute atomic E-state index is 0. The maximum Gasteiger partial charge on any atom is 0.601 e. The molecule has 9 heteroatoms. The maximum absolute atomic E-state index is 11.7. The second-order valence-corrected chi connectivity index (χ2v) is 27.8. The highest BCUT2D eigenvalue weighted by atomic mass is 35.5. The van der Waals surface area contributed by atoms with E-state index in [0.29, 0.717) is 34.4 Å². The molecule has 0 bridgehead atoms. The van der Waals surface area contributed by atoms with Crippen molar-refractivity contribution < 1.29 is 45.9 Å². The number of hydrogen-bond donors (Lipinski definition) is 1. The van der Waals surface area contributed by atoms with Crippen LogP contribution in [0.3, 0.4) is 0 Å². The Kier molecular flexibility index (Phi) is 20.0. The normalized spacial score (nSPS) is 28.1. The molecule has 66 heavy (non-hydrogen) atoms. The summed E-state index contributed by atoms with van der Waals surface area (Å²) in [5.41, 5.74) is 3.75. The molecule has 4 saturated carbocycles. The van der Waals surface area contributed by atoms with Gasteiger partial charge in [-0.15, -0.1) is 0 Å². The summed E-state index contributed by atoms with van der Waals surface area (Å²) in [7, 11) is 6.71. The van der Waals surface area contributed by atoms with E-state index in [1.54, 1.807) is 12.4 Å². The molecule has 0 saturated heterocycles. The van der Waals surface area contributed by atoms with Crippen LogP contribution in [0.5, 0.6) is 0 Å². The second-order valence-electron chi connectivity index (χ2n) is 27.8. The zero-order valence-electron chi connectivity index (χ0n) is 48.3. The van der Waals surface area contributed by atoms with Gasteiger partial charge in [-0.2, -0.15) is 4.79 Å². The van der Waals surface area contributed by atoms with E-state index in [1.165, 1.54) is 25.2 Å². The smallest absolute Gasteiger partial charge is 0.601 e. The van der Waals surface area contributed by atoms with Crippen LogP contribution >= 0.6 is 0 Å². The fourth-order valence-corrected chi connectivity index (χ4v) is 11.1. The van der Waals surface area contributed by atoms with Gasteiger partial charge in [-0.05, 0) is 90.7 Å². The Morgan fingerprint density at radius 1 is 0.606 bits per heavy atom. The van der Waals surface area contributed by atoms with E-state index in [-0.39, 0.29) is 79.3 Å². The molecule has 4 aliphatic carbocycles.